The molecule has 1 aromatic rings. The molecule has 0 radical (unpaired) electrons. The monoisotopic (exact) mass is 282 g/mol. The quantitative estimate of drug-likeness (QED) is 0.619. The summed E-state index contributed by atoms with van der Waals surface area (Å²) in [5, 5.41) is 2.77. The van der Waals surface area contributed by atoms with E-state index in [4.69, 9.17) is 19.9 Å². The normalized spacial score (nSPS) is 10.5. The maximum atomic E-state index is 11.7. The summed E-state index contributed by atoms with van der Waals surface area (Å²) >= 11 is 0. The van der Waals surface area contributed by atoms with Gasteiger partial charge in [0.2, 0.25) is 5.91 Å². The number of benzene rings is 1. The third-order valence-corrected chi connectivity index (χ3v) is 2.55. The molecule has 0 aliphatic heterocycles. The number of methoxy groups -OCH3 is 1. The van der Waals surface area contributed by atoms with Crippen LogP contribution < -0.4 is 11.1 Å². The van der Waals surface area contributed by atoms with Crippen molar-refractivity contribution in [1.82, 2.24) is 0 Å². The third-order valence-electron chi connectivity index (χ3n) is 2.55. The Bertz CT molecular complexity index is 399. The summed E-state index contributed by atoms with van der Waals surface area (Å²) in [6.07, 6.45) is 0. The van der Waals surface area contributed by atoms with Gasteiger partial charge in [0, 0.05) is 19.3 Å². The highest BCUT2D eigenvalue weighted by molar-refractivity contribution is 5.92. The van der Waals surface area contributed by atoms with Crippen molar-refractivity contribution >= 4 is 11.6 Å². The van der Waals surface area contributed by atoms with E-state index in [1.807, 2.05) is 24.3 Å². The molecular weight excluding hydrogens is 260 g/mol. The number of anilines is 1. The first-order valence-corrected chi connectivity index (χ1v) is 6.50. The number of nitrogens with one attached hydrogen (secondary N) is 1. The van der Waals surface area contributed by atoms with E-state index >= 15 is 0 Å². The van der Waals surface area contributed by atoms with Gasteiger partial charge in [0.05, 0.1) is 26.4 Å². The Balaban J connectivity index is 2.17. The molecule has 6 heteroatoms. The van der Waals surface area contributed by atoms with Crippen LogP contribution in [0.3, 0.4) is 0 Å². The van der Waals surface area contributed by atoms with Crippen LogP contribution in [0.25, 0.3) is 0 Å². The van der Waals surface area contributed by atoms with Gasteiger partial charge in [-0.05, 0) is 11.6 Å². The molecule has 112 valence electrons. The maximum absolute atomic E-state index is 11.7. The van der Waals surface area contributed by atoms with Gasteiger partial charge in [-0.2, -0.15) is 0 Å². The number of para-hydroxylation sites is 1. The fourth-order valence-corrected chi connectivity index (χ4v) is 1.53. The molecule has 0 heterocycles. The molecule has 0 aliphatic rings. The average Bonchev–Trinajstić information content (AvgIpc) is 2.47. The Morgan fingerprint density at radius 3 is 2.60 bits per heavy atom. The number of amides is 1. The van der Waals surface area contributed by atoms with E-state index in [-0.39, 0.29) is 12.5 Å². The summed E-state index contributed by atoms with van der Waals surface area (Å²) in [5.74, 6) is -0.206. The van der Waals surface area contributed by atoms with Gasteiger partial charge in [-0.15, -0.1) is 0 Å². The first-order valence-electron chi connectivity index (χ1n) is 6.50. The highest BCUT2D eigenvalue weighted by Gasteiger charge is 2.05. The van der Waals surface area contributed by atoms with Gasteiger partial charge in [0.15, 0.2) is 0 Å². The molecule has 1 aromatic carbocycles. The minimum atomic E-state index is -0.206. The van der Waals surface area contributed by atoms with Gasteiger partial charge in [0.25, 0.3) is 0 Å². The number of hydrogen-bond acceptors (Lipinski definition) is 5. The lowest BCUT2D eigenvalue weighted by Crippen LogP contribution is -2.21. The van der Waals surface area contributed by atoms with Crippen molar-refractivity contribution in [2.75, 3.05) is 45.5 Å². The molecule has 0 fully saturated rings. The summed E-state index contributed by atoms with van der Waals surface area (Å²) in [5.41, 5.74) is 7.21. The van der Waals surface area contributed by atoms with Gasteiger partial charge in [-0.25, -0.2) is 0 Å². The van der Waals surface area contributed by atoms with Crippen LogP contribution >= 0.6 is 0 Å². The highest BCUT2D eigenvalue weighted by atomic mass is 16.5. The number of carbonyl (C=O) groups excluding carboxylic acids is 1. The summed E-state index contributed by atoms with van der Waals surface area (Å²) in [6.45, 7) is 2.26. The zero-order chi connectivity index (χ0) is 14.6. The summed E-state index contributed by atoms with van der Waals surface area (Å²) in [4.78, 5) is 11.7. The lowest BCUT2D eigenvalue weighted by atomic mass is 10.2. The highest BCUT2D eigenvalue weighted by Crippen LogP contribution is 2.13. The Morgan fingerprint density at radius 2 is 1.85 bits per heavy atom. The van der Waals surface area contributed by atoms with E-state index in [2.05, 4.69) is 5.32 Å². The van der Waals surface area contributed by atoms with Crippen molar-refractivity contribution in [3.63, 3.8) is 0 Å². The van der Waals surface area contributed by atoms with Crippen LogP contribution in [0.2, 0.25) is 0 Å². The van der Waals surface area contributed by atoms with Crippen molar-refractivity contribution in [3.8, 4) is 0 Å². The Hall–Kier alpha value is -1.47. The molecule has 0 aromatic heterocycles. The lowest BCUT2D eigenvalue weighted by Gasteiger charge is -2.10. The topological polar surface area (TPSA) is 82.8 Å². The Morgan fingerprint density at radius 1 is 1.15 bits per heavy atom. The number of rotatable bonds is 10. The van der Waals surface area contributed by atoms with Gasteiger partial charge in [-0.1, -0.05) is 18.2 Å². The second-order valence-electron chi connectivity index (χ2n) is 4.07. The van der Waals surface area contributed by atoms with E-state index < -0.39 is 0 Å². The van der Waals surface area contributed by atoms with E-state index in [1.54, 1.807) is 7.11 Å². The molecule has 1 amide bonds. The van der Waals surface area contributed by atoms with Crippen LogP contribution in [-0.4, -0.2) is 46.1 Å². The number of ether oxygens (including phenoxy) is 3. The molecule has 1 rings (SSSR count). The average molecular weight is 282 g/mol. The van der Waals surface area contributed by atoms with E-state index in [0.29, 0.717) is 33.0 Å². The van der Waals surface area contributed by atoms with E-state index in [1.165, 1.54) is 0 Å². The molecule has 20 heavy (non-hydrogen) atoms. The molecule has 0 unspecified atom stereocenters. The molecular formula is C14H22N2O4. The molecule has 0 aliphatic carbocycles. The molecule has 6 nitrogen and oxygen atoms in total. The van der Waals surface area contributed by atoms with Crippen LogP contribution in [0.5, 0.6) is 0 Å². The fraction of sp³-hybridized carbons (Fsp3) is 0.500. The fourth-order valence-electron chi connectivity index (χ4n) is 1.53. The Kier molecular flexibility index (Phi) is 8.57. The maximum Gasteiger partial charge on any atom is 0.250 e. The van der Waals surface area contributed by atoms with Crippen LogP contribution in [0, 0.1) is 0 Å². The number of nitrogens with two attached hydrogens (primary N) is 1. The first-order chi connectivity index (χ1) is 9.77. The van der Waals surface area contributed by atoms with Gasteiger partial charge in [0.1, 0.15) is 6.61 Å². The number of hydrogen-bond donors (Lipinski definition) is 2. The molecule has 0 atom stereocenters. The SMILES string of the molecule is COCCOCCOCC(=O)Nc1ccccc1CN. The van der Waals surface area contributed by atoms with Gasteiger partial charge < -0.3 is 25.3 Å². The second kappa shape index (κ2) is 10.3. The summed E-state index contributed by atoms with van der Waals surface area (Å²) in [7, 11) is 1.61. The lowest BCUT2D eigenvalue weighted by molar-refractivity contribution is -0.121. The van der Waals surface area contributed by atoms with Gasteiger partial charge in [-0.3, -0.25) is 4.79 Å². The number of carbonyl (C=O) groups is 1. The Labute approximate surface area is 119 Å². The minimum Gasteiger partial charge on any atom is -0.382 e. The molecule has 0 saturated carbocycles. The predicted molar refractivity (Wildman–Crippen MR) is 76.5 cm³/mol. The third kappa shape index (κ3) is 6.63. The van der Waals surface area contributed by atoms with Gasteiger partial charge >= 0.3 is 0 Å². The van der Waals surface area contributed by atoms with Crippen LogP contribution in [0.4, 0.5) is 5.69 Å². The van der Waals surface area contributed by atoms with Crippen molar-refractivity contribution in [1.29, 1.82) is 0 Å². The zero-order valence-corrected chi connectivity index (χ0v) is 11.8. The summed E-state index contributed by atoms with van der Waals surface area (Å²) < 4.78 is 15.3. The van der Waals surface area contributed by atoms with Crippen LogP contribution in [0.1, 0.15) is 5.56 Å². The van der Waals surface area contributed by atoms with E-state index in [0.717, 1.165) is 11.3 Å². The molecule has 3 N–H and O–H groups in total. The van der Waals surface area contributed by atoms with Crippen LogP contribution in [-0.2, 0) is 25.5 Å². The molecule has 0 bridgehead atoms. The van der Waals surface area contributed by atoms with Crippen LogP contribution in [0.15, 0.2) is 24.3 Å². The second-order valence-corrected chi connectivity index (χ2v) is 4.07. The summed E-state index contributed by atoms with van der Waals surface area (Å²) in [6, 6.07) is 7.42. The van der Waals surface area contributed by atoms with E-state index in [9.17, 15) is 4.79 Å². The van der Waals surface area contributed by atoms with Crippen molar-refractivity contribution in [3.05, 3.63) is 29.8 Å². The van der Waals surface area contributed by atoms with Crippen molar-refractivity contribution in [2.45, 2.75) is 6.54 Å². The standard InChI is InChI=1S/C14H22N2O4/c1-18-6-7-19-8-9-20-11-14(17)16-13-5-3-2-4-12(13)10-15/h2-5H,6-11,15H2,1H3,(H,16,17). The predicted octanol–water partition coefficient (Wildman–Crippen LogP) is 0.763. The molecule has 0 saturated heterocycles. The minimum absolute atomic E-state index is 0.00740. The first kappa shape index (κ1) is 16.6. The smallest absolute Gasteiger partial charge is 0.250 e. The molecule has 0 spiro atoms. The largest absolute Gasteiger partial charge is 0.382 e. The zero-order valence-electron chi connectivity index (χ0n) is 11.8. The van der Waals surface area contributed by atoms with Crippen molar-refractivity contribution < 1.29 is 19.0 Å². The van der Waals surface area contributed by atoms with Crippen molar-refractivity contribution in [2.24, 2.45) is 5.73 Å².